The first-order valence-electron chi connectivity index (χ1n) is 6.27. The Balaban J connectivity index is 1.63. The monoisotopic (exact) mass is 236 g/mol. The number of hydrogen-bond acceptors (Lipinski definition) is 3. The van der Waals surface area contributed by atoms with Crippen LogP contribution < -0.4 is 0 Å². The fourth-order valence-electron chi connectivity index (χ4n) is 2.02. The molecule has 1 fully saturated rings. The maximum absolute atomic E-state index is 9.68. The van der Waals surface area contributed by atoms with E-state index in [1.54, 1.807) is 0 Å². The molecule has 2 unspecified atom stereocenters. The Kier molecular flexibility index (Phi) is 4.98. The van der Waals surface area contributed by atoms with E-state index in [2.05, 4.69) is 24.3 Å². The number of hydrogen-bond donors (Lipinski definition) is 1. The van der Waals surface area contributed by atoms with Crippen LogP contribution in [-0.4, -0.2) is 37.1 Å². The highest BCUT2D eigenvalue weighted by Gasteiger charge is 2.23. The van der Waals surface area contributed by atoms with Crippen molar-refractivity contribution in [3.05, 3.63) is 35.9 Å². The zero-order valence-electron chi connectivity index (χ0n) is 10.0. The average molecular weight is 236 g/mol. The van der Waals surface area contributed by atoms with Gasteiger partial charge in [-0.2, -0.15) is 0 Å². The summed E-state index contributed by atoms with van der Waals surface area (Å²) < 4.78 is 10.9. The van der Waals surface area contributed by atoms with Gasteiger partial charge in [0.2, 0.25) is 0 Å². The van der Waals surface area contributed by atoms with Crippen molar-refractivity contribution in [1.29, 1.82) is 0 Å². The third kappa shape index (κ3) is 4.11. The Morgan fingerprint density at radius 3 is 2.88 bits per heavy atom. The van der Waals surface area contributed by atoms with Gasteiger partial charge in [0.05, 0.1) is 12.7 Å². The van der Waals surface area contributed by atoms with Crippen molar-refractivity contribution in [3.63, 3.8) is 0 Å². The first kappa shape index (κ1) is 12.6. The SMILES string of the molecule is OC1CCOCC1OCCCc1ccccc1. The second-order valence-electron chi connectivity index (χ2n) is 4.43. The van der Waals surface area contributed by atoms with Crippen LogP contribution in [0.15, 0.2) is 30.3 Å². The van der Waals surface area contributed by atoms with E-state index in [-0.39, 0.29) is 12.2 Å². The van der Waals surface area contributed by atoms with E-state index >= 15 is 0 Å². The summed E-state index contributed by atoms with van der Waals surface area (Å²) in [7, 11) is 0. The van der Waals surface area contributed by atoms with E-state index in [9.17, 15) is 5.11 Å². The van der Waals surface area contributed by atoms with Crippen molar-refractivity contribution in [2.24, 2.45) is 0 Å². The van der Waals surface area contributed by atoms with Gasteiger partial charge in [0.15, 0.2) is 0 Å². The highest BCUT2D eigenvalue weighted by atomic mass is 16.5. The van der Waals surface area contributed by atoms with E-state index in [1.807, 2.05) is 6.07 Å². The van der Waals surface area contributed by atoms with E-state index in [4.69, 9.17) is 9.47 Å². The van der Waals surface area contributed by atoms with Crippen molar-refractivity contribution in [2.45, 2.75) is 31.5 Å². The molecule has 0 saturated carbocycles. The van der Waals surface area contributed by atoms with Crippen LogP contribution in [0.5, 0.6) is 0 Å². The summed E-state index contributed by atoms with van der Waals surface area (Å²) in [5, 5.41) is 9.68. The van der Waals surface area contributed by atoms with E-state index in [1.165, 1.54) is 5.56 Å². The van der Waals surface area contributed by atoms with E-state index in [0.717, 1.165) is 12.8 Å². The molecule has 1 aliphatic heterocycles. The second-order valence-corrected chi connectivity index (χ2v) is 4.43. The second kappa shape index (κ2) is 6.74. The lowest BCUT2D eigenvalue weighted by molar-refractivity contribution is -0.117. The molecule has 94 valence electrons. The zero-order chi connectivity index (χ0) is 11.9. The minimum atomic E-state index is -0.361. The molecule has 1 aromatic rings. The van der Waals surface area contributed by atoms with Crippen molar-refractivity contribution in [1.82, 2.24) is 0 Å². The molecule has 0 amide bonds. The molecular weight excluding hydrogens is 216 g/mol. The van der Waals surface area contributed by atoms with Crippen LogP contribution in [0, 0.1) is 0 Å². The van der Waals surface area contributed by atoms with Crippen LogP contribution in [0.25, 0.3) is 0 Å². The maximum Gasteiger partial charge on any atom is 0.107 e. The van der Waals surface area contributed by atoms with Crippen molar-refractivity contribution in [3.8, 4) is 0 Å². The summed E-state index contributed by atoms with van der Waals surface area (Å²) in [6, 6.07) is 10.4. The highest BCUT2D eigenvalue weighted by molar-refractivity contribution is 5.14. The first-order valence-corrected chi connectivity index (χ1v) is 6.27. The first-order chi connectivity index (χ1) is 8.36. The fraction of sp³-hybridized carbons (Fsp3) is 0.571. The molecule has 17 heavy (non-hydrogen) atoms. The molecule has 3 nitrogen and oxygen atoms in total. The number of aliphatic hydroxyl groups is 1. The Hall–Kier alpha value is -0.900. The Labute approximate surface area is 102 Å². The number of benzene rings is 1. The smallest absolute Gasteiger partial charge is 0.107 e. The van der Waals surface area contributed by atoms with Crippen LogP contribution in [0.2, 0.25) is 0 Å². The molecule has 1 saturated heterocycles. The minimum absolute atomic E-state index is 0.139. The lowest BCUT2D eigenvalue weighted by atomic mass is 10.1. The van der Waals surface area contributed by atoms with Gasteiger partial charge in [-0.15, -0.1) is 0 Å². The fourth-order valence-corrected chi connectivity index (χ4v) is 2.02. The molecule has 1 aliphatic rings. The summed E-state index contributed by atoms with van der Waals surface area (Å²) in [6.07, 6.45) is 2.18. The zero-order valence-corrected chi connectivity index (χ0v) is 10.0. The predicted molar refractivity (Wildman–Crippen MR) is 65.9 cm³/mol. The summed E-state index contributed by atoms with van der Waals surface area (Å²) in [6.45, 7) is 1.84. The minimum Gasteiger partial charge on any atom is -0.390 e. The number of aliphatic hydroxyl groups excluding tert-OH is 1. The molecule has 3 heteroatoms. The molecule has 0 radical (unpaired) electrons. The van der Waals surface area contributed by atoms with Crippen LogP contribution >= 0.6 is 0 Å². The van der Waals surface area contributed by atoms with Gasteiger partial charge in [0, 0.05) is 13.2 Å². The molecular formula is C14H20O3. The van der Waals surface area contributed by atoms with Gasteiger partial charge in [0.1, 0.15) is 6.10 Å². The standard InChI is InChI=1S/C14H20O3/c15-13-8-10-16-11-14(13)17-9-4-7-12-5-2-1-3-6-12/h1-3,5-6,13-15H,4,7-11H2. The molecule has 1 heterocycles. The third-order valence-electron chi connectivity index (χ3n) is 3.05. The lowest BCUT2D eigenvalue weighted by Gasteiger charge is -2.27. The van der Waals surface area contributed by atoms with Gasteiger partial charge >= 0.3 is 0 Å². The molecule has 2 rings (SSSR count). The van der Waals surface area contributed by atoms with E-state index in [0.29, 0.717) is 26.2 Å². The highest BCUT2D eigenvalue weighted by Crippen LogP contribution is 2.12. The normalized spacial score (nSPS) is 24.8. The van der Waals surface area contributed by atoms with Gasteiger partial charge in [-0.1, -0.05) is 30.3 Å². The summed E-state index contributed by atoms with van der Waals surface area (Å²) in [5.74, 6) is 0. The summed E-state index contributed by atoms with van der Waals surface area (Å²) >= 11 is 0. The molecule has 0 bridgehead atoms. The van der Waals surface area contributed by atoms with Gasteiger partial charge < -0.3 is 14.6 Å². The van der Waals surface area contributed by atoms with Crippen molar-refractivity contribution >= 4 is 0 Å². The third-order valence-corrected chi connectivity index (χ3v) is 3.05. The van der Waals surface area contributed by atoms with Gasteiger partial charge in [-0.3, -0.25) is 0 Å². The van der Waals surface area contributed by atoms with E-state index < -0.39 is 0 Å². The molecule has 0 spiro atoms. The Morgan fingerprint density at radius 1 is 1.29 bits per heavy atom. The van der Waals surface area contributed by atoms with Crippen LogP contribution in [0.4, 0.5) is 0 Å². The van der Waals surface area contributed by atoms with Crippen LogP contribution in [0.3, 0.4) is 0 Å². The number of ether oxygens (including phenoxy) is 2. The summed E-state index contributed by atoms with van der Waals surface area (Å²) in [4.78, 5) is 0. The number of aryl methyl sites for hydroxylation is 1. The topological polar surface area (TPSA) is 38.7 Å². The van der Waals surface area contributed by atoms with Gasteiger partial charge in [0.25, 0.3) is 0 Å². The molecule has 1 N–H and O–H groups in total. The Morgan fingerprint density at radius 2 is 2.12 bits per heavy atom. The summed E-state index contributed by atoms with van der Waals surface area (Å²) in [5.41, 5.74) is 1.33. The predicted octanol–water partition coefficient (Wildman–Crippen LogP) is 1.79. The van der Waals surface area contributed by atoms with Crippen LogP contribution in [0.1, 0.15) is 18.4 Å². The molecule has 0 aliphatic carbocycles. The van der Waals surface area contributed by atoms with Gasteiger partial charge in [-0.05, 0) is 24.8 Å². The van der Waals surface area contributed by atoms with Gasteiger partial charge in [-0.25, -0.2) is 0 Å². The quantitative estimate of drug-likeness (QED) is 0.792. The van der Waals surface area contributed by atoms with Crippen molar-refractivity contribution in [2.75, 3.05) is 19.8 Å². The molecule has 2 atom stereocenters. The number of rotatable bonds is 5. The van der Waals surface area contributed by atoms with Crippen molar-refractivity contribution < 1.29 is 14.6 Å². The Bertz CT molecular complexity index is 313. The lowest BCUT2D eigenvalue weighted by Crippen LogP contribution is -2.39. The molecule has 1 aromatic carbocycles. The molecule has 0 aromatic heterocycles. The maximum atomic E-state index is 9.68. The average Bonchev–Trinajstić information content (AvgIpc) is 2.38. The van der Waals surface area contributed by atoms with Crippen LogP contribution in [-0.2, 0) is 15.9 Å². The largest absolute Gasteiger partial charge is 0.390 e.